The maximum Gasteiger partial charge on any atom is 0.328 e. The van der Waals surface area contributed by atoms with E-state index in [1.54, 1.807) is 24.3 Å². The predicted molar refractivity (Wildman–Crippen MR) is 76.9 cm³/mol. The second-order valence-electron chi connectivity index (χ2n) is 4.59. The molecule has 0 fully saturated rings. The standard InChI is InChI=1S/C15H17NO6/c1-2-7-20-8-10(15(18)19)16-14(17)13-9-21-11-5-3-4-6-12(11)22-13/h2-6,10,13H,1,7-9H2,(H,16,17)(H,18,19). The average Bonchev–Trinajstić information content (AvgIpc) is 2.53. The van der Waals surface area contributed by atoms with Crippen LogP contribution in [-0.4, -0.2) is 48.9 Å². The molecule has 7 heteroatoms. The molecule has 2 atom stereocenters. The second kappa shape index (κ2) is 7.46. The number of hydrogen-bond acceptors (Lipinski definition) is 5. The molecule has 2 rings (SSSR count). The van der Waals surface area contributed by atoms with E-state index in [0.29, 0.717) is 11.5 Å². The summed E-state index contributed by atoms with van der Waals surface area (Å²) < 4.78 is 16.0. The van der Waals surface area contributed by atoms with Crippen molar-refractivity contribution < 1.29 is 28.9 Å². The zero-order valence-electron chi connectivity index (χ0n) is 11.9. The molecule has 0 saturated carbocycles. The van der Waals surface area contributed by atoms with Crippen molar-refractivity contribution in [2.75, 3.05) is 19.8 Å². The highest BCUT2D eigenvalue weighted by Crippen LogP contribution is 2.30. The molecule has 2 unspecified atom stereocenters. The number of carboxylic acids is 1. The smallest absolute Gasteiger partial charge is 0.328 e. The van der Waals surface area contributed by atoms with Crippen LogP contribution in [0.25, 0.3) is 0 Å². The first-order chi connectivity index (χ1) is 10.6. The topological polar surface area (TPSA) is 94.1 Å². The lowest BCUT2D eigenvalue weighted by Gasteiger charge is -2.26. The molecule has 1 heterocycles. The summed E-state index contributed by atoms with van der Waals surface area (Å²) in [4.78, 5) is 23.2. The van der Waals surface area contributed by atoms with Crippen LogP contribution in [0.15, 0.2) is 36.9 Å². The molecule has 0 saturated heterocycles. The summed E-state index contributed by atoms with van der Waals surface area (Å²) in [6, 6.07) is 5.79. The first kappa shape index (κ1) is 15.8. The molecule has 1 aliphatic heterocycles. The van der Waals surface area contributed by atoms with E-state index in [2.05, 4.69) is 11.9 Å². The first-order valence-corrected chi connectivity index (χ1v) is 6.72. The Morgan fingerprint density at radius 3 is 2.86 bits per heavy atom. The molecule has 22 heavy (non-hydrogen) atoms. The Bertz CT molecular complexity index is 559. The molecule has 7 nitrogen and oxygen atoms in total. The van der Waals surface area contributed by atoms with Crippen LogP contribution in [0.2, 0.25) is 0 Å². The van der Waals surface area contributed by atoms with Crippen LogP contribution in [0.1, 0.15) is 0 Å². The van der Waals surface area contributed by atoms with Gasteiger partial charge in [0.1, 0.15) is 6.61 Å². The Labute approximate surface area is 127 Å². The molecule has 1 amide bonds. The number of benzene rings is 1. The van der Waals surface area contributed by atoms with E-state index in [1.165, 1.54) is 6.08 Å². The van der Waals surface area contributed by atoms with Gasteiger partial charge in [0, 0.05) is 0 Å². The van der Waals surface area contributed by atoms with Gasteiger partial charge in [-0.2, -0.15) is 0 Å². The van der Waals surface area contributed by atoms with Crippen molar-refractivity contribution in [3.8, 4) is 11.5 Å². The highest BCUT2D eigenvalue weighted by Gasteiger charge is 2.30. The third-order valence-electron chi connectivity index (χ3n) is 2.94. The summed E-state index contributed by atoms with van der Waals surface area (Å²) >= 11 is 0. The van der Waals surface area contributed by atoms with Gasteiger partial charge in [-0.25, -0.2) is 4.79 Å². The summed E-state index contributed by atoms with van der Waals surface area (Å²) in [7, 11) is 0. The normalized spacial score (nSPS) is 17.4. The molecule has 1 aromatic carbocycles. The second-order valence-corrected chi connectivity index (χ2v) is 4.59. The van der Waals surface area contributed by atoms with Crippen LogP contribution in [-0.2, 0) is 14.3 Å². The fraction of sp³-hybridized carbons (Fsp3) is 0.333. The fourth-order valence-corrected chi connectivity index (χ4v) is 1.86. The predicted octanol–water partition coefficient (Wildman–Crippen LogP) is 0.598. The zero-order valence-corrected chi connectivity index (χ0v) is 11.9. The van der Waals surface area contributed by atoms with E-state index >= 15 is 0 Å². The lowest BCUT2D eigenvalue weighted by atomic mass is 10.2. The van der Waals surface area contributed by atoms with Gasteiger partial charge in [0.2, 0.25) is 6.10 Å². The zero-order chi connectivity index (χ0) is 15.9. The molecular formula is C15H17NO6. The van der Waals surface area contributed by atoms with Gasteiger partial charge in [0.05, 0.1) is 13.2 Å². The number of ether oxygens (including phenoxy) is 3. The Kier molecular flexibility index (Phi) is 5.37. The Hall–Kier alpha value is -2.54. The number of nitrogens with one attached hydrogen (secondary N) is 1. The summed E-state index contributed by atoms with van der Waals surface area (Å²) in [6.07, 6.45) is 0.589. The van der Waals surface area contributed by atoms with E-state index in [1.807, 2.05) is 0 Å². The minimum absolute atomic E-state index is 0.0166. The van der Waals surface area contributed by atoms with Crippen molar-refractivity contribution in [2.45, 2.75) is 12.1 Å². The molecule has 1 aromatic rings. The number of carbonyl (C=O) groups is 2. The summed E-state index contributed by atoms with van der Waals surface area (Å²) in [5.74, 6) is -0.752. The molecule has 0 aromatic heterocycles. The molecule has 0 spiro atoms. The number of carboxylic acid groups (broad SMARTS) is 1. The largest absolute Gasteiger partial charge is 0.485 e. The molecule has 0 bridgehead atoms. The number of aliphatic carboxylic acids is 1. The summed E-state index contributed by atoms with van der Waals surface area (Å²) in [5.41, 5.74) is 0. The first-order valence-electron chi connectivity index (χ1n) is 6.72. The highest BCUT2D eigenvalue weighted by atomic mass is 16.6. The van der Waals surface area contributed by atoms with Crippen molar-refractivity contribution in [2.24, 2.45) is 0 Å². The summed E-state index contributed by atoms with van der Waals surface area (Å²) in [6.45, 7) is 3.53. The molecule has 118 valence electrons. The summed E-state index contributed by atoms with van der Waals surface area (Å²) in [5, 5.41) is 11.5. The van der Waals surface area contributed by atoms with Gasteiger partial charge < -0.3 is 24.6 Å². The third-order valence-corrected chi connectivity index (χ3v) is 2.94. The van der Waals surface area contributed by atoms with Gasteiger partial charge in [-0.05, 0) is 12.1 Å². The Morgan fingerprint density at radius 1 is 1.45 bits per heavy atom. The van der Waals surface area contributed by atoms with Crippen molar-refractivity contribution >= 4 is 11.9 Å². The highest BCUT2D eigenvalue weighted by molar-refractivity contribution is 5.87. The lowest BCUT2D eigenvalue weighted by Crippen LogP contribution is -2.51. The quantitative estimate of drug-likeness (QED) is 0.566. The van der Waals surface area contributed by atoms with E-state index in [0.717, 1.165) is 0 Å². The van der Waals surface area contributed by atoms with Crippen molar-refractivity contribution in [3.05, 3.63) is 36.9 Å². The van der Waals surface area contributed by atoms with E-state index in [-0.39, 0.29) is 19.8 Å². The van der Waals surface area contributed by atoms with Crippen LogP contribution >= 0.6 is 0 Å². The van der Waals surface area contributed by atoms with Gasteiger partial charge in [-0.3, -0.25) is 4.79 Å². The number of amides is 1. The number of carbonyl (C=O) groups excluding carboxylic acids is 1. The minimum atomic E-state index is -1.19. The number of hydrogen-bond donors (Lipinski definition) is 2. The fourth-order valence-electron chi connectivity index (χ4n) is 1.86. The van der Waals surface area contributed by atoms with Crippen LogP contribution < -0.4 is 14.8 Å². The van der Waals surface area contributed by atoms with Crippen molar-refractivity contribution in [3.63, 3.8) is 0 Å². The third kappa shape index (κ3) is 3.98. The van der Waals surface area contributed by atoms with Gasteiger partial charge in [-0.1, -0.05) is 18.2 Å². The molecule has 1 aliphatic rings. The maximum absolute atomic E-state index is 12.1. The van der Waals surface area contributed by atoms with Crippen molar-refractivity contribution in [1.29, 1.82) is 0 Å². The Morgan fingerprint density at radius 2 is 2.18 bits per heavy atom. The number of rotatable bonds is 7. The molecular weight excluding hydrogens is 290 g/mol. The minimum Gasteiger partial charge on any atom is -0.485 e. The molecule has 0 radical (unpaired) electrons. The average molecular weight is 307 g/mol. The molecule has 0 aliphatic carbocycles. The number of fused-ring (bicyclic) bond motifs is 1. The number of para-hydroxylation sites is 2. The van der Waals surface area contributed by atoms with Gasteiger partial charge in [0.25, 0.3) is 5.91 Å². The Balaban J connectivity index is 1.93. The lowest BCUT2D eigenvalue weighted by molar-refractivity contribution is -0.145. The van der Waals surface area contributed by atoms with Crippen molar-refractivity contribution in [1.82, 2.24) is 5.32 Å². The van der Waals surface area contributed by atoms with Crippen LogP contribution in [0.4, 0.5) is 0 Å². The van der Waals surface area contributed by atoms with E-state index in [9.17, 15) is 9.59 Å². The van der Waals surface area contributed by atoms with E-state index in [4.69, 9.17) is 19.3 Å². The monoisotopic (exact) mass is 307 g/mol. The molecule has 2 N–H and O–H groups in total. The maximum atomic E-state index is 12.1. The SMILES string of the molecule is C=CCOCC(NC(=O)C1COc2ccccc2O1)C(=O)O. The van der Waals surface area contributed by atoms with Crippen LogP contribution in [0, 0.1) is 0 Å². The van der Waals surface area contributed by atoms with Crippen LogP contribution in [0.3, 0.4) is 0 Å². The van der Waals surface area contributed by atoms with Gasteiger partial charge >= 0.3 is 5.97 Å². The van der Waals surface area contributed by atoms with E-state index < -0.39 is 24.0 Å². The van der Waals surface area contributed by atoms with Crippen LogP contribution in [0.5, 0.6) is 11.5 Å². The van der Waals surface area contributed by atoms with Gasteiger partial charge in [-0.15, -0.1) is 6.58 Å². The van der Waals surface area contributed by atoms with Gasteiger partial charge in [0.15, 0.2) is 17.5 Å².